The third-order valence-electron chi connectivity index (χ3n) is 4.29. The van der Waals surface area contributed by atoms with Crippen LogP contribution in [0.1, 0.15) is 24.4 Å². The van der Waals surface area contributed by atoms with Gasteiger partial charge in [-0.1, -0.05) is 41.9 Å². The monoisotopic (exact) mass is 281 g/mol. The normalized spacial score (nSPS) is 37.5. The van der Waals surface area contributed by atoms with Gasteiger partial charge in [0.2, 0.25) is 0 Å². The molecule has 1 aromatic rings. The number of esters is 1. The molecule has 0 radical (unpaired) electrons. The van der Waals surface area contributed by atoms with Gasteiger partial charge in [0.25, 0.3) is 0 Å². The Morgan fingerprint density at radius 2 is 2.11 bits per heavy atom. The van der Waals surface area contributed by atoms with Crippen molar-refractivity contribution in [1.29, 1.82) is 0 Å². The number of alkyl halides is 1. The number of fused-ring (bicyclic) bond motifs is 1. The lowest BCUT2D eigenvalue weighted by molar-refractivity contribution is -0.193. The number of hydroxylamine groups is 2. The van der Waals surface area contributed by atoms with E-state index in [0.29, 0.717) is 12.8 Å². The smallest absolute Gasteiger partial charge is 0.318 e. The summed E-state index contributed by atoms with van der Waals surface area (Å²) in [6.07, 6.45) is 1.32. The quantitative estimate of drug-likeness (QED) is 0.617. The highest BCUT2D eigenvalue weighted by Gasteiger charge is 2.75. The zero-order valence-corrected chi connectivity index (χ0v) is 11.7. The van der Waals surface area contributed by atoms with Crippen LogP contribution in [-0.2, 0) is 14.4 Å². The molecule has 0 bridgehead atoms. The van der Waals surface area contributed by atoms with Crippen molar-refractivity contribution in [3.05, 3.63) is 35.9 Å². The van der Waals surface area contributed by atoms with Crippen molar-refractivity contribution < 1.29 is 14.4 Å². The molecule has 0 N–H and O–H groups in total. The van der Waals surface area contributed by atoms with Crippen molar-refractivity contribution in [1.82, 2.24) is 5.06 Å². The van der Waals surface area contributed by atoms with Crippen LogP contribution in [0.5, 0.6) is 0 Å². The predicted octanol–water partition coefficient (Wildman–Crippen LogP) is 2.49. The minimum Gasteiger partial charge on any atom is -0.468 e. The van der Waals surface area contributed by atoms with Crippen LogP contribution in [0.4, 0.5) is 0 Å². The van der Waals surface area contributed by atoms with Crippen LogP contribution in [0.2, 0.25) is 0 Å². The molecule has 1 aliphatic heterocycles. The van der Waals surface area contributed by atoms with Gasteiger partial charge in [0.05, 0.1) is 13.2 Å². The molecule has 4 nitrogen and oxygen atoms in total. The maximum atomic E-state index is 12.3. The van der Waals surface area contributed by atoms with Gasteiger partial charge in [0, 0.05) is 7.05 Å². The third-order valence-corrected chi connectivity index (χ3v) is 4.89. The van der Waals surface area contributed by atoms with Gasteiger partial charge >= 0.3 is 5.97 Å². The molecule has 3 rings (SSSR count). The predicted molar refractivity (Wildman–Crippen MR) is 70.3 cm³/mol. The summed E-state index contributed by atoms with van der Waals surface area (Å²) in [6.45, 7) is 0. The lowest BCUT2D eigenvalue weighted by atomic mass is 9.60. The first-order chi connectivity index (χ1) is 9.05. The van der Waals surface area contributed by atoms with Gasteiger partial charge in [-0.15, -0.1) is 0 Å². The van der Waals surface area contributed by atoms with Gasteiger partial charge in [0.15, 0.2) is 5.06 Å². The third kappa shape index (κ3) is 1.51. The van der Waals surface area contributed by atoms with Crippen LogP contribution in [0.3, 0.4) is 0 Å². The first kappa shape index (κ1) is 12.9. The van der Waals surface area contributed by atoms with E-state index in [9.17, 15) is 4.79 Å². The van der Waals surface area contributed by atoms with Crippen molar-refractivity contribution in [3.63, 3.8) is 0 Å². The Kier molecular flexibility index (Phi) is 2.85. The molecule has 1 aromatic carbocycles. The zero-order chi connectivity index (χ0) is 13.7. The molecule has 1 saturated heterocycles. The summed E-state index contributed by atoms with van der Waals surface area (Å²) >= 11 is 6.51. The highest BCUT2D eigenvalue weighted by atomic mass is 35.5. The fourth-order valence-electron chi connectivity index (χ4n) is 3.33. The molecular weight excluding hydrogens is 266 g/mol. The topological polar surface area (TPSA) is 38.8 Å². The Bertz CT molecular complexity index is 509. The Morgan fingerprint density at radius 1 is 1.42 bits per heavy atom. The number of ether oxygens (including phenoxy) is 1. The number of nitrogens with zero attached hydrogens (tertiary/aromatic N) is 1. The standard InChI is InChI=1S/C14H16ClNO3/c1-16-11(10-6-4-3-5-7-10)13(12(17)18-2)8-9-14(13,15)19-16/h3-7,11H,8-9H2,1-2H3/t11-,13+,14+/m1/s1. The Morgan fingerprint density at radius 3 is 2.63 bits per heavy atom. The van der Waals surface area contributed by atoms with Crippen LogP contribution in [0.15, 0.2) is 30.3 Å². The fraction of sp³-hybridized carbons (Fsp3) is 0.500. The molecule has 102 valence electrons. The Labute approximate surface area is 117 Å². The Balaban J connectivity index is 2.09. The number of methoxy groups -OCH3 is 1. The number of carbonyl (C=O) groups is 1. The molecule has 2 aliphatic rings. The number of hydrogen-bond acceptors (Lipinski definition) is 4. The second-order valence-electron chi connectivity index (χ2n) is 5.14. The maximum Gasteiger partial charge on any atom is 0.318 e. The average Bonchev–Trinajstić information content (AvgIpc) is 2.57. The largest absolute Gasteiger partial charge is 0.468 e. The van der Waals surface area contributed by atoms with E-state index in [1.165, 1.54) is 7.11 Å². The van der Waals surface area contributed by atoms with Crippen LogP contribution in [0.25, 0.3) is 0 Å². The number of hydrogen-bond donors (Lipinski definition) is 0. The van der Waals surface area contributed by atoms with E-state index in [2.05, 4.69) is 0 Å². The number of rotatable bonds is 2. The summed E-state index contributed by atoms with van der Waals surface area (Å²) in [7, 11) is 3.21. The van der Waals surface area contributed by atoms with E-state index in [1.54, 1.807) is 5.06 Å². The van der Waals surface area contributed by atoms with Crippen molar-refractivity contribution >= 4 is 17.6 Å². The minimum atomic E-state index is -0.977. The Hall–Kier alpha value is -1.10. The van der Waals surface area contributed by atoms with Gasteiger partial charge in [-0.25, -0.2) is 0 Å². The van der Waals surface area contributed by atoms with E-state index in [0.717, 1.165) is 5.56 Å². The lowest BCUT2D eigenvalue weighted by Gasteiger charge is -2.48. The van der Waals surface area contributed by atoms with Gasteiger partial charge in [-0.05, 0) is 18.4 Å². The second-order valence-corrected chi connectivity index (χ2v) is 5.75. The van der Waals surface area contributed by atoms with E-state index in [-0.39, 0.29) is 12.0 Å². The highest BCUT2D eigenvalue weighted by Crippen LogP contribution is 2.67. The van der Waals surface area contributed by atoms with Crippen LogP contribution in [0, 0.1) is 5.41 Å². The summed E-state index contributed by atoms with van der Waals surface area (Å²) < 4.78 is 4.99. The number of benzene rings is 1. The highest BCUT2D eigenvalue weighted by molar-refractivity contribution is 6.26. The molecule has 0 spiro atoms. The van der Waals surface area contributed by atoms with Crippen molar-refractivity contribution in [2.24, 2.45) is 5.41 Å². The lowest BCUT2D eigenvalue weighted by Crippen LogP contribution is -2.57. The summed E-state index contributed by atoms with van der Waals surface area (Å²) in [5, 5.41) is 0.710. The van der Waals surface area contributed by atoms with E-state index in [4.69, 9.17) is 21.2 Å². The van der Waals surface area contributed by atoms with Gasteiger partial charge in [-0.2, -0.15) is 5.06 Å². The first-order valence-electron chi connectivity index (χ1n) is 6.29. The van der Waals surface area contributed by atoms with E-state index in [1.807, 2.05) is 37.4 Å². The molecule has 1 aliphatic carbocycles. The van der Waals surface area contributed by atoms with Crippen LogP contribution < -0.4 is 0 Å². The molecule has 1 heterocycles. The van der Waals surface area contributed by atoms with E-state index >= 15 is 0 Å². The molecule has 0 unspecified atom stereocenters. The van der Waals surface area contributed by atoms with Crippen molar-refractivity contribution in [2.75, 3.05) is 14.2 Å². The molecule has 2 fully saturated rings. The SMILES string of the molecule is COC(=O)[C@@]12CC[C@]1(Cl)ON(C)[C@@H]2c1ccccc1. The molecule has 5 heteroatoms. The van der Waals surface area contributed by atoms with Gasteiger partial charge in [-0.3, -0.25) is 9.63 Å². The van der Waals surface area contributed by atoms with Crippen molar-refractivity contribution in [2.45, 2.75) is 23.9 Å². The molecule has 0 amide bonds. The summed E-state index contributed by atoms with van der Waals surface area (Å²) in [4.78, 5) is 18.1. The number of carbonyl (C=O) groups excluding carboxylic acids is 1. The van der Waals surface area contributed by atoms with Gasteiger partial charge < -0.3 is 4.74 Å². The molecule has 3 atom stereocenters. The van der Waals surface area contributed by atoms with Crippen molar-refractivity contribution in [3.8, 4) is 0 Å². The second kappa shape index (κ2) is 4.20. The molecule has 1 saturated carbocycles. The minimum absolute atomic E-state index is 0.215. The molecule has 0 aromatic heterocycles. The van der Waals surface area contributed by atoms with E-state index < -0.39 is 10.5 Å². The maximum absolute atomic E-state index is 12.3. The van der Waals surface area contributed by atoms with Gasteiger partial charge in [0.1, 0.15) is 5.41 Å². The zero-order valence-electron chi connectivity index (χ0n) is 10.9. The summed E-state index contributed by atoms with van der Waals surface area (Å²) in [5.74, 6) is -0.299. The summed E-state index contributed by atoms with van der Waals surface area (Å²) in [6, 6.07) is 9.58. The fourth-order valence-corrected chi connectivity index (χ4v) is 3.81. The molecule has 19 heavy (non-hydrogen) atoms. The first-order valence-corrected chi connectivity index (χ1v) is 6.67. The summed E-state index contributed by atoms with van der Waals surface area (Å²) in [5.41, 5.74) is 0.192. The average molecular weight is 282 g/mol. The number of halogens is 1. The molecular formula is C14H16ClNO3. The van der Waals surface area contributed by atoms with Crippen LogP contribution in [-0.4, -0.2) is 30.3 Å². The van der Waals surface area contributed by atoms with Crippen LogP contribution >= 0.6 is 11.6 Å².